The fourth-order valence-corrected chi connectivity index (χ4v) is 3.25. The van der Waals surface area contributed by atoms with E-state index in [4.69, 9.17) is 26.4 Å². The normalized spacial score (nSPS) is 10.2. The highest BCUT2D eigenvalue weighted by molar-refractivity contribution is 7.80. The lowest BCUT2D eigenvalue weighted by Crippen LogP contribution is -2.34. The molecule has 0 radical (unpaired) electrons. The van der Waals surface area contributed by atoms with Crippen molar-refractivity contribution >= 4 is 23.0 Å². The molecule has 2 aromatic carbocycles. The van der Waals surface area contributed by atoms with Crippen LogP contribution in [0, 0.1) is 0 Å². The highest BCUT2D eigenvalue weighted by atomic mass is 32.1. The Morgan fingerprint density at radius 3 is 2.30 bits per heavy atom. The van der Waals surface area contributed by atoms with Crippen molar-refractivity contribution in [1.29, 1.82) is 0 Å². The second-order valence-corrected chi connectivity index (χ2v) is 6.94. The van der Waals surface area contributed by atoms with Crippen molar-refractivity contribution in [1.82, 2.24) is 9.88 Å². The van der Waals surface area contributed by atoms with Crippen LogP contribution in [-0.2, 0) is 13.1 Å². The summed E-state index contributed by atoms with van der Waals surface area (Å²) in [6.45, 7) is 1.13. The fraction of sp³-hybridized carbons (Fsp3) is 0.217. The van der Waals surface area contributed by atoms with Crippen LogP contribution in [-0.4, -0.2) is 36.3 Å². The van der Waals surface area contributed by atoms with Crippen molar-refractivity contribution in [2.45, 2.75) is 13.1 Å². The average molecular weight is 424 g/mol. The maximum atomic E-state index is 5.75. The number of benzene rings is 2. The molecule has 0 aliphatic carbocycles. The predicted molar refractivity (Wildman–Crippen MR) is 122 cm³/mol. The van der Waals surface area contributed by atoms with Crippen molar-refractivity contribution in [3.63, 3.8) is 0 Å². The Morgan fingerprint density at radius 2 is 1.67 bits per heavy atom. The van der Waals surface area contributed by atoms with Crippen molar-refractivity contribution < 1.29 is 14.2 Å². The highest BCUT2D eigenvalue weighted by Crippen LogP contribution is 2.26. The lowest BCUT2D eigenvalue weighted by molar-refractivity contribution is 0.372. The Hall–Kier alpha value is -3.32. The number of nitrogens with one attached hydrogen (secondary N) is 1. The van der Waals surface area contributed by atoms with E-state index in [0.29, 0.717) is 18.2 Å². The summed E-state index contributed by atoms with van der Waals surface area (Å²) in [5.41, 5.74) is 2.91. The van der Waals surface area contributed by atoms with Crippen LogP contribution in [0.15, 0.2) is 67.0 Å². The number of rotatable bonds is 8. The van der Waals surface area contributed by atoms with Gasteiger partial charge in [0, 0.05) is 36.7 Å². The second-order valence-electron chi connectivity index (χ2n) is 6.55. The monoisotopic (exact) mass is 423 g/mol. The molecule has 0 aliphatic heterocycles. The van der Waals surface area contributed by atoms with E-state index in [-0.39, 0.29) is 0 Å². The first-order valence-electron chi connectivity index (χ1n) is 9.42. The zero-order valence-electron chi connectivity index (χ0n) is 17.3. The largest absolute Gasteiger partial charge is 0.497 e. The summed E-state index contributed by atoms with van der Waals surface area (Å²) in [4.78, 5) is 6.28. The second kappa shape index (κ2) is 10.5. The Bertz CT molecular complexity index is 965. The smallest absolute Gasteiger partial charge is 0.174 e. The van der Waals surface area contributed by atoms with Gasteiger partial charge in [-0.3, -0.25) is 4.98 Å². The van der Waals surface area contributed by atoms with E-state index in [0.717, 1.165) is 34.1 Å². The lowest BCUT2D eigenvalue weighted by atomic mass is 10.1. The molecule has 3 rings (SSSR count). The summed E-state index contributed by atoms with van der Waals surface area (Å²) in [6.07, 6.45) is 3.60. The van der Waals surface area contributed by atoms with E-state index < -0.39 is 0 Å². The van der Waals surface area contributed by atoms with Gasteiger partial charge in [-0.25, -0.2) is 0 Å². The molecule has 0 bridgehead atoms. The number of nitrogens with zero attached hydrogens (tertiary/aromatic N) is 2. The first-order chi connectivity index (χ1) is 14.6. The summed E-state index contributed by atoms with van der Waals surface area (Å²) in [5, 5.41) is 3.90. The molecule has 3 aromatic rings. The van der Waals surface area contributed by atoms with Crippen molar-refractivity contribution in [2.75, 3.05) is 26.6 Å². The third-order valence-corrected chi connectivity index (χ3v) is 4.93. The van der Waals surface area contributed by atoms with E-state index >= 15 is 0 Å². The molecule has 30 heavy (non-hydrogen) atoms. The highest BCUT2D eigenvalue weighted by Gasteiger charge is 2.15. The molecule has 1 N–H and O–H groups in total. The summed E-state index contributed by atoms with van der Waals surface area (Å²) < 4.78 is 16.2. The SMILES string of the molecule is COc1ccc(NC(=S)N(Cc2cccnc2)Cc2cc(OC)ccc2OC)cc1. The minimum absolute atomic E-state index is 0.539. The van der Waals surface area contributed by atoms with Crippen LogP contribution in [0.25, 0.3) is 0 Å². The van der Waals surface area contributed by atoms with Crippen LogP contribution in [0.4, 0.5) is 5.69 Å². The van der Waals surface area contributed by atoms with Crippen LogP contribution in [0.1, 0.15) is 11.1 Å². The molecule has 0 spiro atoms. The first kappa shape index (κ1) is 21.4. The number of methoxy groups -OCH3 is 3. The van der Waals surface area contributed by atoms with E-state index in [2.05, 4.69) is 15.2 Å². The number of aromatic nitrogens is 1. The Morgan fingerprint density at radius 1 is 0.933 bits per heavy atom. The first-order valence-corrected chi connectivity index (χ1v) is 9.83. The van der Waals surface area contributed by atoms with E-state index in [1.54, 1.807) is 27.5 Å². The molecule has 0 saturated heterocycles. The summed E-state index contributed by atoms with van der Waals surface area (Å²) in [7, 11) is 4.95. The number of pyridine rings is 1. The van der Waals surface area contributed by atoms with E-state index in [9.17, 15) is 0 Å². The van der Waals surface area contributed by atoms with Gasteiger partial charge in [-0.15, -0.1) is 0 Å². The van der Waals surface area contributed by atoms with E-state index in [1.807, 2.05) is 60.8 Å². The van der Waals surface area contributed by atoms with E-state index in [1.165, 1.54) is 0 Å². The van der Waals surface area contributed by atoms with Crippen molar-refractivity contribution in [3.8, 4) is 17.2 Å². The van der Waals surface area contributed by atoms with Gasteiger partial charge in [0.05, 0.1) is 21.3 Å². The lowest BCUT2D eigenvalue weighted by Gasteiger charge is -2.27. The van der Waals surface area contributed by atoms with Gasteiger partial charge in [-0.05, 0) is 66.3 Å². The topological polar surface area (TPSA) is 55.9 Å². The van der Waals surface area contributed by atoms with Gasteiger partial charge in [-0.1, -0.05) is 6.07 Å². The third kappa shape index (κ3) is 5.61. The zero-order chi connectivity index (χ0) is 21.3. The zero-order valence-corrected chi connectivity index (χ0v) is 18.1. The van der Waals surface area contributed by atoms with Gasteiger partial charge >= 0.3 is 0 Å². The third-order valence-electron chi connectivity index (χ3n) is 4.57. The van der Waals surface area contributed by atoms with Gasteiger partial charge in [0.1, 0.15) is 17.2 Å². The van der Waals surface area contributed by atoms with Crippen molar-refractivity contribution in [3.05, 3.63) is 78.1 Å². The van der Waals surface area contributed by atoms with Gasteiger partial charge in [0.15, 0.2) is 5.11 Å². The summed E-state index contributed by atoms with van der Waals surface area (Å²) >= 11 is 5.75. The van der Waals surface area contributed by atoms with Crippen LogP contribution >= 0.6 is 12.2 Å². The van der Waals surface area contributed by atoms with Crippen molar-refractivity contribution in [2.24, 2.45) is 0 Å². The fourth-order valence-electron chi connectivity index (χ4n) is 3.00. The Kier molecular flexibility index (Phi) is 7.45. The molecular formula is C23H25N3O3S. The number of thiocarbonyl (C=S) groups is 1. The molecule has 156 valence electrons. The Balaban J connectivity index is 1.85. The molecule has 1 heterocycles. The quantitative estimate of drug-likeness (QED) is 0.535. The number of anilines is 1. The van der Waals surface area contributed by atoms with Crippen LogP contribution in [0.3, 0.4) is 0 Å². The molecule has 0 aliphatic rings. The summed E-state index contributed by atoms with van der Waals surface area (Å²) in [6, 6.07) is 17.3. The minimum atomic E-state index is 0.539. The van der Waals surface area contributed by atoms with Gasteiger partial charge in [0.25, 0.3) is 0 Å². The van der Waals surface area contributed by atoms with Crippen LogP contribution < -0.4 is 19.5 Å². The summed E-state index contributed by atoms with van der Waals surface area (Å²) in [5.74, 6) is 2.33. The molecule has 0 amide bonds. The molecule has 0 unspecified atom stereocenters. The van der Waals surface area contributed by atoms with Gasteiger partial charge < -0.3 is 24.4 Å². The number of ether oxygens (including phenoxy) is 3. The Labute approximate surface area is 182 Å². The maximum absolute atomic E-state index is 5.75. The molecule has 0 saturated carbocycles. The molecule has 0 fully saturated rings. The van der Waals surface area contributed by atoms with Crippen LogP contribution in [0.5, 0.6) is 17.2 Å². The number of hydrogen-bond donors (Lipinski definition) is 1. The molecular weight excluding hydrogens is 398 g/mol. The average Bonchev–Trinajstić information content (AvgIpc) is 2.79. The maximum Gasteiger partial charge on any atom is 0.174 e. The van der Waals surface area contributed by atoms with Crippen LogP contribution in [0.2, 0.25) is 0 Å². The standard InChI is InChI=1S/C23H25N3O3S/c1-27-20-8-6-19(7-9-20)25-23(30)26(15-17-5-4-12-24-14-17)16-18-13-21(28-2)10-11-22(18)29-3/h4-14H,15-16H2,1-3H3,(H,25,30). The minimum Gasteiger partial charge on any atom is -0.497 e. The molecule has 7 heteroatoms. The molecule has 1 aromatic heterocycles. The van der Waals surface area contributed by atoms with Gasteiger partial charge in [-0.2, -0.15) is 0 Å². The predicted octanol–water partition coefficient (Wildman–Crippen LogP) is 4.51. The number of hydrogen-bond acceptors (Lipinski definition) is 5. The van der Waals surface area contributed by atoms with Gasteiger partial charge in [0.2, 0.25) is 0 Å². The molecule has 6 nitrogen and oxygen atoms in total. The molecule has 0 atom stereocenters.